The second kappa shape index (κ2) is 8.65. The van der Waals surface area contributed by atoms with Crippen LogP contribution < -0.4 is 10.6 Å². The van der Waals surface area contributed by atoms with Crippen LogP contribution in [0.1, 0.15) is 31.2 Å². The van der Waals surface area contributed by atoms with E-state index in [1.165, 1.54) is 18.3 Å². The van der Waals surface area contributed by atoms with Crippen molar-refractivity contribution in [1.29, 1.82) is 0 Å². The van der Waals surface area contributed by atoms with Crippen LogP contribution >= 0.6 is 34.5 Å². The van der Waals surface area contributed by atoms with Gasteiger partial charge < -0.3 is 10.6 Å². The van der Waals surface area contributed by atoms with E-state index in [1.54, 1.807) is 12.3 Å². The largest absolute Gasteiger partial charge is 0.344 e. The highest BCUT2D eigenvalue weighted by atomic mass is 35.5. The summed E-state index contributed by atoms with van der Waals surface area (Å²) in [5, 5.41) is 7.06. The summed E-state index contributed by atoms with van der Waals surface area (Å²) < 4.78 is 0. The summed E-state index contributed by atoms with van der Waals surface area (Å²) >= 11 is 13.4. The molecule has 2 aromatic rings. The number of carbonyl (C=O) groups is 2. The molecule has 8 heteroatoms. The van der Waals surface area contributed by atoms with Gasteiger partial charge in [0.15, 0.2) is 5.13 Å². The number of thiazole rings is 1. The molecule has 0 spiro atoms. The molecule has 1 atom stereocenters. The van der Waals surface area contributed by atoms with Gasteiger partial charge in [0.25, 0.3) is 0 Å². The third-order valence-corrected chi connectivity index (χ3v) is 4.74. The zero-order valence-electron chi connectivity index (χ0n) is 14.1. The summed E-state index contributed by atoms with van der Waals surface area (Å²) in [4.78, 5) is 28.8. The molecule has 134 valence electrons. The van der Waals surface area contributed by atoms with E-state index in [-0.39, 0.29) is 17.7 Å². The third kappa shape index (κ3) is 5.99. The molecule has 0 saturated heterocycles. The molecule has 0 aliphatic rings. The van der Waals surface area contributed by atoms with Gasteiger partial charge in [0.1, 0.15) is 6.04 Å². The van der Waals surface area contributed by atoms with Gasteiger partial charge in [-0.2, -0.15) is 0 Å². The number of amides is 2. The second-order valence-electron chi connectivity index (χ2n) is 6.00. The molecular weight excluding hydrogens is 381 g/mol. The minimum atomic E-state index is -0.600. The normalized spacial score (nSPS) is 12.1. The number of benzene rings is 1. The number of hydrogen-bond acceptors (Lipinski definition) is 4. The Labute approximate surface area is 160 Å². The SMILES string of the molecule is CC(=O)NC(C(=O)Nc1ncc(Cc2cc(Cl)cc(Cl)c2)s1)C(C)C. The number of anilines is 1. The molecule has 1 aromatic carbocycles. The fourth-order valence-corrected chi connectivity index (χ4v) is 3.72. The third-order valence-electron chi connectivity index (χ3n) is 3.39. The van der Waals surface area contributed by atoms with Crippen LogP contribution in [0.15, 0.2) is 24.4 Å². The molecule has 25 heavy (non-hydrogen) atoms. The van der Waals surface area contributed by atoms with Crippen LogP contribution in [0.4, 0.5) is 5.13 Å². The van der Waals surface area contributed by atoms with Gasteiger partial charge in [0, 0.05) is 34.5 Å². The van der Waals surface area contributed by atoms with Crippen molar-refractivity contribution in [3.63, 3.8) is 0 Å². The first kappa shape index (κ1) is 19.7. The molecule has 1 heterocycles. The van der Waals surface area contributed by atoms with Gasteiger partial charge in [-0.25, -0.2) is 4.98 Å². The van der Waals surface area contributed by atoms with Crippen molar-refractivity contribution in [1.82, 2.24) is 10.3 Å². The highest BCUT2D eigenvalue weighted by Crippen LogP contribution is 2.25. The molecule has 2 rings (SSSR count). The Morgan fingerprint density at radius 1 is 1.20 bits per heavy atom. The first-order chi connectivity index (χ1) is 11.7. The van der Waals surface area contributed by atoms with Gasteiger partial charge in [-0.15, -0.1) is 11.3 Å². The van der Waals surface area contributed by atoms with Crippen LogP contribution in [0.25, 0.3) is 0 Å². The van der Waals surface area contributed by atoms with Crippen LogP contribution in [-0.4, -0.2) is 22.8 Å². The summed E-state index contributed by atoms with van der Waals surface area (Å²) in [6, 6.07) is 4.77. The molecule has 5 nitrogen and oxygen atoms in total. The Kier molecular flexibility index (Phi) is 6.81. The molecule has 1 unspecified atom stereocenters. The maximum atomic E-state index is 12.4. The number of aromatic nitrogens is 1. The van der Waals surface area contributed by atoms with Crippen LogP contribution in [0.2, 0.25) is 10.0 Å². The van der Waals surface area contributed by atoms with Gasteiger partial charge in [0.05, 0.1) is 0 Å². The highest BCUT2D eigenvalue weighted by molar-refractivity contribution is 7.15. The predicted octanol–water partition coefficient (Wildman–Crippen LogP) is 4.14. The van der Waals surface area contributed by atoms with Crippen molar-refractivity contribution in [3.8, 4) is 0 Å². The van der Waals surface area contributed by atoms with Gasteiger partial charge in [0.2, 0.25) is 11.8 Å². The van der Waals surface area contributed by atoms with Crippen LogP contribution in [0.5, 0.6) is 0 Å². The molecule has 0 radical (unpaired) electrons. The zero-order chi connectivity index (χ0) is 18.6. The van der Waals surface area contributed by atoms with Crippen LogP contribution in [0, 0.1) is 5.92 Å². The lowest BCUT2D eigenvalue weighted by Crippen LogP contribution is -2.46. The quantitative estimate of drug-likeness (QED) is 0.766. The Balaban J connectivity index is 2.05. The first-order valence-corrected chi connectivity index (χ1v) is 9.29. The Bertz CT molecular complexity index is 757. The predicted molar refractivity (Wildman–Crippen MR) is 102 cm³/mol. The fraction of sp³-hybridized carbons (Fsp3) is 0.353. The first-order valence-electron chi connectivity index (χ1n) is 7.72. The lowest BCUT2D eigenvalue weighted by molar-refractivity contribution is -0.126. The van der Waals surface area contributed by atoms with Crippen molar-refractivity contribution >= 4 is 51.5 Å². The number of nitrogens with zero attached hydrogens (tertiary/aromatic N) is 1. The van der Waals surface area contributed by atoms with Gasteiger partial charge >= 0.3 is 0 Å². The van der Waals surface area contributed by atoms with Gasteiger partial charge in [-0.1, -0.05) is 37.0 Å². The van der Waals surface area contributed by atoms with E-state index in [0.29, 0.717) is 21.6 Å². The van der Waals surface area contributed by atoms with Crippen molar-refractivity contribution in [3.05, 3.63) is 44.9 Å². The summed E-state index contributed by atoms with van der Waals surface area (Å²) in [6.45, 7) is 5.13. The molecule has 0 aliphatic carbocycles. The summed E-state index contributed by atoms with van der Waals surface area (Å²) in [6.07, 6.45) is 2.32. The summed E-state index contributed by atoms with van der Waals surface area (Å²) in [5.41, 5.74) is 0.970. The Hall–Kier alpha value is -1.63. The monoisotopic (exact) mass is 399 g/mol. The Morgan fingerprint density at radius 2 is 1.84 bits per heavy atom. The molecule has 0 fully saturated rings. The number of hydrogen-bond donors (Lipinski definition) is 2. The fourth-order valence-electron chi connectivity index (χ4n) is 2.30. The smallest absolute Gasteiger partial charge is 0.248 e. The minimum Gasteiger partial charge on any atom is -0.344 e. The van der Waals surface area contributed by atoms with E-state index in [0.717, 1.165) is 10.4 Å². The van der Waals surface area contributed by atoms with E-state index in [9.17, 15) is 9.59 Å². The van der Waals surface area contributed by atoms with Crippen molar-refractivity contribution < 1.29 is 9.59 Å². The number of carbonyl (C=O) groups excluding carboxylic acids is 2. The van der Waals surface area contributed by atoms with Crippen LogP contribution in [0.3, 0.4) is 0 Å². The van der Waals surface area contributed by atoms with Crippen molar-refractivity contribution in [2.75, 3.05) is 5.32 Å². The summed E-state index contributed by atoms with van der Waals surface area (Å²) in [7, 11) is 0. The average Bonchev–Trinajstić information content (AvgIpc) is 2.90. The van der Waals surface area contributed by atoms with E-state index >= 15 is 0 Å². The number of rotatable bonds is 6. The molecule has 2 amide bonds. The topological polar surface area (TPSA) is 71.1 Å². The lowest BCUT2D eigenvalue weighted by atomic mass is 10.0. The molecule has 0 bridgehead atoms. The number of halogens is 2. The van der Waals surface area contributed by atoms with Crippen molar-refractivity contribution in [2.45, 2.75) is 33.2 Å². The number of nitrogens with one attached hydrogen (secondary N) is 2. The standard InChI is InChI=1S/C17H19Cl2N3O2S/c1-9(2)15(21-10(3)23)16(24)22-17-20-8-14(25-17)6-11-4-12(18)7-13(19)5-11/h4-5,7-9,15H,6H2,1-3H3,(H,21,23)(H,20,22,24). The molecular formula is C17H19Cl2N3O2S. The molecule has 0 saturated carbocycles. The maximum absolute atomic E-state index is 12.4. The second-order valence-corrected chi connectivity index (χ2v) is 7.99. The zero-order valence-corrected chi connectivity index (χ0v) is 16.4. The molecule has 1 aromatic heterocycles. The van der Waals surface area contributed by atoms with E-state index in [4.69, 9.17) is 23.2 Å². The Morgan fingerprint density at radius 3 is 2.40 bits per heavy atom. The van der Waals surface area contributed by atoms with Crippen molar-refractivity contribution in [2.24, 2.45) is 5.92 Å². The van der Waals surface area contributed by atoms with E-state index < -0.39 is 6.04 Å². The van der Waals surface area contributed by atoms with Gasteiger partial charge in [-0.05, 0) is 29.7 Å². The average molecular weight is 400 g/mol. The highest BCUT2D eigenvalue weighted by Gasteiger charge is 2.23. The minimum absolute atomic E-state index is 0.0306. The molecule has 2 N–H and O–H groups in total. The van der Waals surface area contributed by atoms with Gasteiger partial charge in [-0.3, -0.25) is 9.59 Å². The van der Waals surface area contributed by atoms with E-state index in [2.05, 4.69) is 15.6 Å². The van der Waals surface area contributed by atoms with E-state index in [1.807, 2.05) is 26.0 Å². The lowest BCUT2D eigenvalue weighted by Gasteiger charge is -2.20. The maximum Gasteiger partial charge on any atom is 0.248 e. The van der Waals surface area contributed by atoms with Crippen LogP contribution in [-0.2, 0) is 16.0 Å². The summed E-state index contributed by atoms with van der Waals surface area (Å²) in [5.74, 6) is -0.555. The molecule has 0 aliphatic heterocycles.